The fourth-order valence-electron chi connectivity index (χ4n) is 1.70. The molecule has 1 heterocycles. The molecule has 18 heavy (non-hydrogen) atoms. The van der Waals surface area contributed by atoms with E-state index in [0.29, 0.717) is 11.6 Å². The molecule has 1 aromatic carbocycles. The van der Waals surface area contributed by atoms with Crippen molar-refractivity contribution in [3.05, 3.63) is 35.4 Å². The van der Waals surface area contributed by atoms with Crippen LogP contribution in [0.2, 0.25) is 0 Å². The van der Waals surface area contributed by atoms with Gasteiger partial charge in [0.2, 0.25) is 0 Å². The number of ether oxygens (including phenoxy) is 1. The third-order valence-electron chi connectivity index (χ3n) is 2.49. The van der Waals surface area contributed by atoms with E-state index in [-0.39, 0.29) is 12.0 Å². The highest BCUT2D eigenvalue weighted by atomic mass is 19.1. The second-order valence-corrected chi connectivity index (χ2v) is 3.77. The van der Waals surface area contributed by atoms with Gasteiger partial charge in [-0.25, -0.2) is 4.39 Å². The monoisotopic (exact) mass is 252 g/mol. The number of aliphatic hydroxyl groups is 1. The van der Waals surface area contributed by atoms with Crippen LogP contribution in [-0.4, -0.2) is 32.4 Å². The van der Waals surface area contributed by atoms with Crippen molar-refractivity contribution in [3.8, 4) is 5.75 Å². The fraction of sp³-hybridized carbons (Fsp3) is 0.364. The van der Waals surface area contributed by atoms with E-state index in [2.05, 4.69) is 15.4 Å². The SMILES string of the molecule is COc1cccc(F)c1C(O)Cc1nnn(C)n1. The number of hydrogen-bond acceptors (Lipinski definition) is 5. The normalized spacial score (nSPS) is 12.4. The molecule has 0 saturated carbocycles. The fourth-order valence-corrected chi connectivity index (χ4v) is 1.70. The largest absolute Gasteiger partial charge is 0.496 e. The lowest BCUT2D eigenvalue weighted by molar-refractivity contribution is 0.166. The lowest BCUT2D eigenvalue weighted by Crippen LogP contribution is -2.08. The van der Waals surface area contributed by atoms with Crippen LogP contribution in [0.3, 0.4) is 0 Å². The van der Waals surface area contributed by atoms with E-state index in [4.69, 9.17) is 4.74 Å². The van der Waals surface area contributed by atoms with Crippen LogP contribution in [0.5, 0.6) is 5.75 Å². The van der Waals surface area contributed by atoms with Gasteiger partial charge in [-0.1, -0.05) is 6.07 Å². The maximum absolute atomic E-state index is 13.7. The summed E-state index contributed by atoms with van der Waals surface area (Å²) >= 11 is 0. The van der Waals surface area contributed by atoms with Crippen LogP contribution in [0.1, 0.15) is 17.5 Å². The van der Waals surface area contributed by atoms with Crippen molar-refractivity contribution in [1.29, 1.82) is 0 Å². The van der Waals surface area contributed by atoms with Gasteiger partial charge in [0.1, 0.15) is 11.6 Å². The van der Waals surface area contributed by atoms with Crippen LogP contribution in [0.4, 0.5) is 4.39 Å². The molecule has 0 aliphatic carbocycles. The minimum Gasteiger partial charge on any atom is -0.496 e. The van der Waals surface area contributed by atoms with Crippen LogP contribution in [0.15, 0.2) is 18.2 Å². The summed E-state index contributed by atoms with van der Waals surface area (Å²) in [7, 11) is 3.04. The van der Waals surface area contributed by atoms with E-state index in [1.165, 1.54) is 24.0 Å². The second kappa shape index (κ2) is 5.09. The maximum atomic E-state index is 13.7. The first-order valence-corrected chi connectivity index (χ1v) is 5.35. The molecule has 2 rings (SSSR count). The molecule has 7 heteroatoms. The molecule has 0 spiro atoms. The second-order valence-electron chi connectivity index (χ2n) is 3.77. The Balaban J connectivity index is 2.25. The van der Waals surface area contributed by atoms with Gasteiger partial charge >= 0.3 is 0 Å². The summed E-state index contributed by atoms with van der Waals surface area (Å²) in [5, 5.41) is 21.4. The van der Waals surface area contributed by atoms with Gasteiger partial charge in [-0.15, -0.1) is 10.2 Å². The minimum atomic E-state index is -1.08. The molecule has 0 aliphatic heterocycles. The van der Waals surface area contributed by atoms with Gasteiger partial charge in [0, 0.05) is 6.42 Å². The van der Waals surface area contributed by atoms with E-state index >= 15 is 0 Å². The van der Waals surface area contributed by atoms with Crippen molar-refractivity contribution in [2.45, 2.75) is 12.5 Å². The molecule has 2 aromatic rings. The molecule has 0 aliphatic rings. The summed E-state index contributed by atoms with van der Waals surface area (Å²) in [6.45, 7) is 0. The number of hydrogen-bond donors (Lipinski definition) is 1. The van der Waals surface area contributed by atoms with Crippen molar-refractivity contribution < 1.29 is 14.2 Å². The van der Waals surface area contributed by atoms with E-state index < -0.39 is 11.9 Å². The lowest BCUT2D eigenvalue weighted by atomic mass is 10.0. The van der Waals surface area contributed by atoms with Crippen LogP contribution in [0.25, 0.3) is 0 Å². The molecule has 96 valence electrons. The highest BCUT2D eigenvalue weighted by molar-refractivity contribution is 5.36. The Bertz CT molecular complexity index is 544. The Morgan fingerprint density at radius 2 is 2.28 bits per heavy atom. The average molecular weight is 252 g/mol. The van der Waals surface area contributed by atoms with E-state index in [9.17, 15) is 9.50 Å². The first kappa shape index (κ1) is 12.4. The number of nitrogens with zero attached hydrogens (tertiary/aromatic N) is 4. The Kier molecular flexibility index (Phi) is 3.52. The number of aromatic nitrogens is 4. The lowest BCUT2D eigenvalue weighted by Gasteiger charge is -2.13. The van der Waals surface area contributed by atoms with E-state index in [1.54, 1.807) is 13.1 Å². The van der Waals surface area contributed by atoms with Crippen molar-refractivity contribution in [2.24, 2.45) is 7.05 Å². The highest BCUT2D eigenvalue weighted by Gasteiger charge is 2.20. The Hall–Kier alpha value is -2.02. The summed E-state index contributed by atoms with van der Waals surface area (Å²) in [5.41, 5.74) is 0.104. The Morgan fingerprint density at radius 3 is 2.89 bits per heavy atom. The van der Waals surface area contributed by atoms with E-state index in [0.717, 1.165) is 0 Å². The molecule has 0 fully saturated rings. The minimum absolute atomic E-state index is 0.0745. The van der Waals surface area contributed by atoms with Gasteiger partial charge in [0.15, 0.2) is 5.82 Å². The van der Waals surface area contributed by atoms with Crippen LogP contribution in [-0.2, 0) is 13.5 Å². The summed E-state index contributed by atoms with van der Waals surface area (Å²) in [5.74, 6) is 0.118. The summed E-state index contributed by atoms with van der Waals surface area (Å²) < 4.78 is 18.7. The topological polar surface area (TPSA) is 73.1 Å². The average Bonchev–Trinajstić information content (AvgIpc) is 2.74. The van der Waals surface area contributed by atoms with Gasteiger partial charge in [0.25, 0.3) is 0 Å². The Labute approximate surface area is 103 Å². The number of aliphatic hydroxyl groups excluding tert-OH is 1. The Morgan fingerprint density at radius 1 is 1.50 bits per heavy atom. The van der Waals surface area contributed by atoms with Gasteiger partial charge in [-0.2, -0.15) is 4.80 Å². The van der Waals surface area contributed by atoms with Crippen molar-refractivity contribution in [3.63, 3.8) is 0 Å². The number of methoxy groups -OCH3 is 1. The van der Waals surface area contributed by atoms with Gasteiger partial charge in [0.05, 0.1) is 25.8 Å². The molecule has 0 saturated heterocycles. The number of aryl methyl sites for hydroxylation is 1. The molecule has 0 bridgehead atoms. The molecule has 1 N–H and O–H groups in total. The maximum Gasteiger partial charge on any atom is 0.177 e. The number of rotatable bonds is 4. The number of tetrazole rings is 1. The highest BCUT2D eigenvalue weighted by Crippen LogP contribution is 2.29. The third kappa shape index (κ3) is 2.45. The molecular weight excluding hydrogens is 239 g/mol. The number of benzene rings is 1. The van der Waals surface area contributed by atoms with Gasteiger partial charge in [-0.05, 0) is 17.3 Å². The standard InChI is InChI=1S/C11H13FN4O2/c1-16-14-10(13-15-16)6-8(17)11-7(12)4-3-5-9(11)18-2/h3-5,8,17H,6H2,1-2H3. The zero-order valence-electron chi connectivity index (χ0n) is 10.0. The first-order valence-electron chi connectivity index (χ1n) is 5.35. The molecule has 6 nitrogen and oxygen atoms in total. The first-order chi connectivity index (χ1) is 8.61. The predicted molar refractivity (Wildman–Crippen MR) is 60.4 cm³/mol. The molecule has 0 radical (unpaired) electrons. The zero-order valence-corrected chi connectivity index (χ0v) is 10.0. The molecule has 0 amide bonds. The summed E-state index contributed by atoms with van der Waals surface area (Å²) in [4.78, 5) is 1.28. The van der Waals surface area contributed by atoms with Crippen LogP contribution in [0, 0.1) is 5.82 Å². The molecular formula is C11H13FN4O2. The number of halogens is 1. The van der Waals surface area contributed by atoms with Crippen molar-refractivity contribution >= 4 is 0 Å². The summed E-state index contributed by atoms with van der Waals surface area (Å²) in [6, 6.07) is 4.38. The third-order valence-corrected chi connectivity index (χ3v) is 2.49. The van der Waals surface area contributed by atoms with Gasteiger partial charge < -0.3 is 9.84 Å². The molecule has 1 unspecified atom stereocenters. The molecule has 1 aromatic heterocycles. The van der Waals surface area contributed by atoms with Gasteiger partial charge in [-0.3, -0.25) is 0 Å². The molecule has 1 atom stereocenters. The van der Waals surface area contributed by atoms with Crippen molar-refractivity contribution in [2.75, 3.05) is 7.11 Å². The van der Waals surface area contributed by atoms with Crippen LogP contribution >= 0.6 is 0 Å². The van der Waals surface area contributed by atoms with E-state index in [1.807, 2.05) is 0 Å². The van der Waals surface area contributed by atoms with Crippen LogP contribution < -0.4 is 4.74 Å². The van der Waals surface area contributed by atoms with Crippen molar-refractivity contribution in [1.82, 2.24) is 20.2 Å². The zero-order chi connectivity index (χ0) is 13.1. The predicted octanol–water partition coefficient (Wildman–Crippen LogP) is 0.634. The quantitative estimate of drug-likeness (QED) is 0.864. The smallest absolute Gasteiger partial charge is 0.177 e. The summed E-state index contributed by atoms with van der Waals surface area (Å²) in [6.07, 6.45) is -1.00.